The third-order valence-corrected chi connectivity index (χ3v) is 3.61. The predicted molar refractivity (Wildman–Crippen MR) is 66.5 cm³/mol. The minimum Gasteiger partial charge on any atom is -0.497 e. The van der Waals surface area contributed by atoms with Crippen molar-refractivity contribution in [2.24, 2.45) is 11.7 Å². The zero-order valence-corrected chi connectivity index (χ0v) is 10.5. The summed E-state index contributed by atoms with van der Waals surface area (Å²) in [7, 11) is 1.63. The molecule has 1 aromatic rings. The Hall–Kier alpha value is -1.75. The number of hydrogen-bond acceptors (Lipinski definition) is 3. The number of carbonyl (C=O) groups is 1. The van der Waals surface area contributed by atoms with E-state index in [2.05, 4.69) is 0 Å². The number of ether oxygens (including phenoxy) is 1. The van der Waals surface area contributed by atoms with Crippen LogP contribution in [0.4, 0.5) is 4.79 Å². The number of nitrogens with zero attached hydrogens (tertiary/aromatic N) is 1. The molecule has 1 aromatic carbocycles. The lowest BCUT2D eigenvalue weighted by atomic mass is 10.1. The van der Waals surface area contributed by atoms with Crippen molar-refractivity contribution >= 4 is 6.03 Å². The molecule has 2 amide bonds. The maximum Gasteiger partial charge on any atom is 0.338 e. The molecular formula is C13H18N2O3. The van der Waals surface area contributed by atoms with Gasteiger partial charge in [-0.3, -0.25) is 5.21 Å². The molecular weight excluding hydrogens is 232 g/mol. The topological polar surface area (TPSA) is 75.8 Å². The molecule has 3 atom stereocenters. The molecule has 5 heteroatoms. The average Bonchev–Trinajstić information content (AvgIpc) is 3.17. The van der Waals surface area contributed by atoms with Crippen molar-refractivity contribution in [3.63, 3.8) is 0 Å². The van der Waals surface area contributed by atoms with E-state index in [4.69, 9.17) is 10.5 Å². The number of hydrogen-bond donors (Lipinski definition) is 2. The van der Waals surface area contributed by atoms with Gasteiger partial charge in [-0.05, 0) is 42.9 Å². The van der Waals surface area contributed by atoms with Gasteiger partial charge in [-0.25, -0.2) is 9.86 Å². The summed E-state index contributed by atoms with van der Waals surface area (Å²) in [6.45, 7) is 1.80. The normalized spacial score (nSPS) is 23.3. The summed E-state index contributed by atoms with van der Waals surface area (Å²) in [5.74, 6) is 1.46. The second kappa shape index (κ2) is 4.86. The number of methoxy groups -OCH3 is 1. The number of primary amides is 1. The van der Waals surface area contributed by atoms with Gasteiger partial charge in [-0.15, -0.1) is 0 Å². The lowest BCUT2D eigenvalue weighted by molar-refractivity contribution is -0.0760. The number of carbonyl (C=O) groups excluding carboxylic acids is 1. The van der Waals surface area contributed by atoms with Crippen LogP contribution in [0.3, 0.4) is 0 Å². The van der Waals surface area contributed by atoms with Crippen LogP contribution in [0.1, 0.15) is 24.8 Å². The van der Waals surface area contributed by atoms with Gasteiger partial charge in [-0.2, -0.15) is 0 Å². The van der Waals surface area contributed by atoms with Gasteiger partial charge in [0.05, 0.1) is 13.2 Å². The van der Waals surface area contributed by atoms with Crippen molar-refractivity contribution in [1.29, 1.82) is 0 Å². The molecule has 0 spiro atoms. The Kier molecular flexibility index (Phi) is 3.43. The number of amides is 2. The number of rotatable bonds is 4. The highest BCUT2D eigenvalue weighted by molar-refractivity contribution is 5.71. The van der Waals surface area contributed by atoms with Gasteiger partial charge in [0.1, 0.15) is 5.75 Å². The van der Waals surface area contributed by atoms with Crippen molar-refractivity contribution in [2.75, 3.05) is 7.11 Å². The van der Waals surface area contributed by atoms with Crippen LogP contribution in [0.2, 0.25) is 0 Å². The second-order valence-electron chi connectivity index (χ2n) is 4.70. The Bertz CT molecular complexity index is 432. The first kappa shape index (κ1) is 12.7. The Morgan fingerprint density at radius 2 is 2.11 bits per heavy atom. The molecule has 0 heterocycles. The molecule has 3 N–H and O–H groups in total. The maximum absolute atomic E-state index is 10.9. The summed E-state index contributed by atoms with van der Waals surface area (Å²) in [4.78, 5) is 10.9. The van der Waals surface area contributed by atoms with Crippen molar-refractivity contribution in [3.8, 4) is 5.75 Å². The van der Waals surface area contributed by atoms with E-state index < -0.39 is 6.03 Å². The smallest absolute Gasteiger partial charge is 0.338 e. The number of benzene rings is 1. The summed E-state index contributed by atoms with van der Waals surface area (Å²) in [6.07, 6.45) is 0.956. The van der Waals surface area contributed by atoms with Crippen molar-refractivity contribution in [3.05, 3.63) is 29.8 Å². The fourth-order valence-electron chi connectivity index (χ4n) is 2.36. The zero-order chi connectivity index (χ0) is 13.3. The van der Waals surface area contributed by atoms with Gasteiger partial charge in [0, 0.05) is 0 Å². The molecule has 0 bridgehead atoms. The fraction of sp³-hybridized carbons (Fsp3) is 0.462. The van der Waals surface area contributed by atoms with Gasteiger partial charge in [0.15, 0.2) is 0 Å². The third-order valence-electron chi connectivity index (χ3n) is 3.61. The van der Waals surface area contributed by atoms with Crippen LogP contribution in [0.25, 0.3) is 0 Å². The summed E-state index contributed by atoms with van der Waals surface area (Å²) in [5, 5.41) is 10.1. The fourth-order valence-corrected chi connectivity index (χ4v) is 2.36. The highest BCUT2D eigenvalue weighted by Crippen LogP contribution is 2.50. The zero-order valence-electron chi connectivity index (χ0n) is 10.5. The Balaban J connectivity index is 1.99. The molecule has 18 heavy (non-hydrogen) atoms. The molecule has 1 aliphatic carbocycles. The second-order valence-corrected chi connectivity index (χ2v) is 4.70. The average molecular weight is 250 g/mol. The van der Waals surface area contributed by atoms with E-state index in [0.717, 1.165) is 12.2 Å². The van der Waals surface area contributed by atoms with Gasteiger partial charge in [-0.1, -0.05) is 12.1 Å². The maximum atomic E-state index is 10.9. The first-order valence-electron chi connectivity index (χ1n) is 5.96. The summed E-state index contributed by atoms with van der Waals surface area (Å²) in [5.41, 5.74) is 6.24. The van der Waals surface area contributed by atoms with E-state index in [9.17, 15) is 10.0 Å². The summed E-state index contributed by atoms with van der Waals surface area (Å²) in [6, 6.07) is 6.81. The van der Waals surface area contributed by atoms with Gasteiger partial charge >= 0.3 is 6.03 Å². The molecule has 1 fully saturated rings. The SMILES string of the molecule is COc1ccc(C2CC2C(C)N(O)C(N)=O)cc1. The van der Waals surface area contributed by atoms with Gasteiger partial charge < -0.3 is 10.5 Å². The van der Waals surface area contributed by atoms with Crippen LogP contribution in [0.15, 0.2) is 24.3 Å². The largest absolute Gasteiger partial charge is 0.497 e. The molecule has 1 saturated carbocycles. The van der Waals surface area contributed by atoms with E-state index in [1.54, 1.807) is 14.0 Å². The molecule has 0 aromatic heterocycles. The van der Waals surface area contributed by atoms with E-state index in [0.29, 0.717) is 11.0 Å². The lowest BCUT2D eigenvalue weighted by Gasteiger charge is -2.20. The summed E-state index contributed by atoms with van der Waals surface area (Å²) < 4.78 is 5.10. The molecule has 0 saturated heterocycles. The lowest BCUT2D eigenvalue weighted by Crippen LogP contribution is -2.40. The highest BCUT2D eigenvalue weighted by Gasteiger charge is 2.44. The van der Waals surface area contributed by atoms with Gasteiger partial charge in [0.2, 0.25) is 0 Å². The predicted octanol–water partition coefficient (Wildman–Crippen LogP) is 1.96. The minimum atomic E-state index is -0.803. The van der Waals surface area contributed by atoms with E-state index in [-0.39, 0.29) is 12.0 Å². The highest BCUT2D eigenvalue weighted by atomic mass is 16.5. The third kappa shape index (κ3) is 2.41. The first-order chi connectivity index (χ1) is 8.54. The molecule has 3 unspecified atom stereocenters. The van der Waals surface area contributed by atoms with Crippen LogP contribution in [0.5, 0.6) is 5.75 Å². The van der Waals surface area contributed by atoms with Crippen molar-refractivity contribution < 1.29 is 14.7 Å². The Morgan fingerprint density at radius 1 is 1.50 bits per heavy atom. The quantitative estimate of drug-likeness (QED) is 0.633. The molecule has 1 aliphatic rings. The van der Waals surface area contributed by atoms with E-state index >= 15 is 0 Å². The van der Waals surface area contributed by atoms with Crippen LogP contribution in [-0.4, -0.2) is 29.5 Å². The monoisotopic (exact) mass is 250 g/mol. The Morgan fingerprint density at radius 3 is 2.61 bits per heavy atom. The van der Waals surface area contributed by atoms with E-state index in [1.165, 1.54) is 5.56 Å². The van der Waals surface area contributed by atoms with E-state index in [1.807, 2.05) is 24.3 Å². The number of urea groups is 1. The van der Waals surface area contributed by atoms with Crippen LogP contribution >= 0.6 is 0 Å². The standard InChI is InChI=1S/C13H18N2O3/c1-8(15(17)13(14)16)11-7-12(11)9-3-5-10(18-2)6-4-9/h3-6,8,11-12,17H,7H2,1-2H3,(H2,14,16). The number of hydroxylamine groups is 2. The van der Waals surface area contributed by atoms with Crippen LogP contribution in [-0.2, 0) is 0 Å². The molecule has 98 valence electrons. The van der Waals surface area contributed by atoms with Crippen LogP contribution < -0.4 is 10.5 Å². The molecule has 0 radical (unpaired) electrons. The van der Waals surface area contributed by atoms with Crippen LogP contribution in [0, 0.1) is 5.92 Å². The van der Waals surface area contributed by atoms with Gasteiger partial charge in [0.25, 0.3) is 0 Å². The van der Waals surface area contributed by atoms with Crippen molar-refractivity contribution in [2.45, 2.75) is 25.3 Å². The minimum absolute atomic E-state index is 0.255. The molecule has 5 nitrogen and oxygen atoms in total. The number of nitrogens with two attached hydrogens (primary N) is 1. The molecule has 2 rings (SSSR count). The summed E-state index contributed by atoms with van der Waals surface area (Å²) >= 11 is 0. The first-order valence-corrected chi connectivity index (χ1v) is 5.96. The van der Waals surface area contributed by atoms with Crippen molar-refractivity contribution in [1.82, 2.24) is 5.06 Å². The Labute approximate surface area is 106 Å². The molecule has 0 aliphatic heterocycles.